The molecule has 0 aromatic heterocycles. The first-order valence-electron chi connectivity index (χ1n) is 45.2. The van der Waals surface area contributed by atoms with E-state index in [0.717, 1.165) is 95.8 Å². The van der Waals surface area contributed by atoms with Crippen LogP contribution in [0.4, 0.5) is 0 Å². The van der Waals surface area contributed by atoms with Crippen LogP contribution in [0.3, 0.4) is 0 Å². The summed E-state index contributed by atoms with van der Waals surface area (Å²) < 4.78 is 68.8. The van der Waals surface area contributed by atoms with Gasteiger partial charge in [0.05, 0.1) is 26.4 Å². The van der Waals surface area contributed by atoms with Crippen LogP contribution in [0.15, 0.2) is 0 Å². The Morgan fingerprint density at radius 3 is 0.670 bits per heavy atom. The third kappa shape index (κ3) is 78.7. The minimum Gasteiger partial charge on any atom is -0.462 e. The second kappa shape index (κ2) is 79.7. The van der Waals surface area contributed by atoms with E-state index in [1.54, 1.807) is 0 Å². The maximum Gasteiger partial charge on any atom is 0.472 e. The van der Waals surface area contributed by atoms with Crippen LogP contribution in [-0.4, -0.2) is 96.7 Å². The zero-order valence-corrected chi connectivity index (χ0v) is 71.4. The maximum atomic E-state index is 13.2. The van der Waals surface area contributed by atoms with Crippen molar-refractivity contribution in [2.75, 3.05) is 39.6 Å². The molecule has 0 fully saturated rings. The van der Waals surface area contributed by atoms with Gasteiger partial charge in [0.1, 0.15) is 19.3 Å². The number of aliphatic hydroxyl groups is 1. The average Bonchev–Trinajstić information content (AvgIpc) is 0.900. The van der Waals surface area contributed by atoms with Gasteiger partial charge in [0.25, 0.3) is 0 Å². The highest BCUT2D eigenvalue weighted by Gasteiger charge is 2.30. The lowest BCUT2D eigenvalue weighted by Crippen LogP contribution is -2.30. The molecule has 0 heterocycles. The van der Waals surface area contributed by atoms with Gasteiger partial charge in [-0.1, -0.05) is 420 Å². The summed E-state index contributed by atoms with van der Waals surface area (Å²) in [6.45, 7) is 7.42. The van der Waals surface area contributed by atoms with Gasteiger partial charge < -0.3 is 33.8 Å². The number of rotatable bonds is 87. The van der Waals surface area contributed by atoms with E-state index in [-0.39, 0.29) is 25.7 Å². The quantitative estimate of drug-likeness (QED) is 0.0222. The Hall–Kier alpha value is -1.94. The van der Waals surface area contributed by atoms with Crippen LogP contribution in [0.2, 0.25) is 0 Å². The number of aliphatic hydroxyl groups excluding tert-OH is 1. The maximum absolute atomic E-state index is 13.2. The molecule has 0 rings (SSSR count). The Morgan fingerprint density at radius 1 is 0.264 bits per heavy atom. The van der Waals surface area contributed by atoms with Crippen molar-refractivity contribution in [2.24, 2.45) is 5.92 Å². The van der Waals surface area contributed by atoms with Gasteiger partial charge in [-0.2, -0.15) is 0 Å². The first-order chi connectivity index (χ1) is 51.6. The van der Waals surface area contributed by atoms with Crippen molar-refractivity contribution in [3.05, 3.63) is 0 Å². The molecule has 0 aromatic rings. The number of carbonyl (C=O) groups excluding carboxylic acids is 4. The number of hydrogen-bond donors (Lipinski definition) is 3. The fourth-order valence-electron chi connectivity index (χ4n) is 13.6. The highest BCUT2D eigenvalue weighted by molar-refractivity contribution is 7.47. The molecule has 0 amide bonds. The molecule has 0 aliphatic carbocycles. The average molecular weight is 1550 g/mol. The van der Waals surface area contributed by atoms with Crippen molar-refractivity contribution in [1.82, 2.24) is 0 Å². The molecule has 0 saturated carbocycles. The van der Waals surface area contributed by atoms with Gasteiger partial charge in [-0.15, -0.1) is 0 Å². The Morgan fingerprint density at radius 2 is 0.453 bits per heavy atom. The molecular formula is C87H170O17P2. The number of esters is 4. The predicted molar refractivity (Wildman–Crippen MR) is 437 cm³/mol. The van der Waals surface area contributed by atoms with E-state index in [1.807, 2.05) is 0 Å². The van der Waals surface area contributed by atoms with Crippen molar-refractivity contribution in [2.45, 2.75) is 490 Å². The number of phosphoric acid groups is 2. The third-order valence-electron chi connectivity index (χ3n) is 20.9. The number of unbranched alkanes of at least 4 members (excludes halogenated alkanes) is 58. The molecule has 630 valence electrons. The molecule has 0 radical (unpaired) electrons. The number of carbonyl (C=O) groups is 4. The molecule has 106 heavy (non-hydrogen) atoms. The predicted octanol–water partition coefficient (Wildman–Crippen LogP) is 26.8. The first kappa shape index (κ1) is 104. The van der Waals surface area contributed by atoms with Crippen LogP contribution in [0.25, 0.3) is 0 Å². The molecule has 17 nitrogen and oxygen atoms in total. The lowest BCUT2D eigenvalue weighted by molar-refractivity contribution is -0.161. The second-order valence-corrected chi connectivity index (χ2v) is 34.4. The molecule has 0 spiro atoms. The van der Waals surface area contributed by atoms with E-state index in [0.29, 0.717) is 25.7 Å². The van der Waals surface area contributed by atoms with E-state index in [9.17, 15) is 43.2 Å². The molecule has 3 unspecified atom stereocenters. The van der Waals surface area contributed by atoms with Crippen molar-refractivity contribution in [3.8, 4) is 0 Å². The standard InChI is InChI=1S/C87H170O17P2/c1-6-10-13-16-19-22-25-27-28-29-30-31-32-33-37-40-43-47-51-56-61-66-71-85(90)98-77-83(104-87(92)73-68-63-58-53-48-44-41-38-35-34-36-39-42-45-49-54-59-64-69-80(5)9-4)79-102-106(95,96)100-75-81(88)74-99-105(93,94)101-78-82(76-97-84(89)70-65-60-55-50-24-21-18-15-12-8-3)103-86(91)72-67-62-57-52-46-26-23-20-17-14-11-7-2/h80-83,88H,6-79H2,1-5H3,(H,93,94)(H,95,96)/t80?,81-,82+,83+/m0/s1. The van der Waals surface area contributed by atoms with E-state index in [4.69, 9.17) is 37.0 Å². The van der Waals surface area contributed by atoms with Gasteiger partial charge in [-0.3, -0.25) is 37.3 Å². The summed E-state index contributed by atoms with van der Waals surface area (Å²) in [6, 6.07) is 0. The zero-order chi connectivity index (χ0) is 77.6. The van der Waals surface area contributed by atoms with E-state index in [1.165, 1.54) is 295 Å². The molecule has 0 aliphatic heterocycles. The first-order valence-corrected chi connectivity index (χ1v) is 48.2. The van der Waals surface area contributed by atoms with Gasteiger partial charge in [0.15, 0.2) is 12.2 Å². The third-order valence-corrected chi connectivity index (χ3v) is 22.8. The fraction of sp³-hybridized carbons (Fsp3) is 0.954. The molecule has 6 atom stereocenters. The Bertz CT molecular complexity index is 2020. The largest absolute Gasteiger partial charge is 0.472 e. The summed E-state index contributed by atoms with van der Waals surface area (Å²) in [5.74, 6) is -1.23. The van der Waals surface area contributed by atoms with Gasteiger partial charge in [0, 0.05) is 25.7 Å². The zero-order valence-electron chi connectivity index (χ0n) is 69.6. The van der Waals surface area contributed by atoms with Crippen LogP contribution in [0.5, 0.6) is 0 Å². The molecular weight excluding hydrogens is 1380 g/mol. The minimum atomic E-state index is -4.97. The van der Waals surface area contributed by atoms with Gasteiger partial charge in [0.2, 0.25) is 0 Å². The summed E-state index contributed by atoms with van der Waals surface area (Å²) in [4.78, 5) is 73.2. The molecule has 19 heteroatoms. The minimum absolute atomic E-state index is 0.108. The highest BCUT2D eigenvalue weighted by Crippen LogP contribution is 2.45. The van der Waals surface area contributed by atoms with Gasteiger partial charge >= 0.3 is 39.5 Å². The van der Waals surface area contributed by atoms with Crippen LogP contribution < -0.4 is 0 Å². The smallest absolute Gasteiger partial charge is 0.462 e. The van der Waals surface area contributed by atoms with Crippen LogP contribution >= 0.6 is 15.6 Å². The SMILES string of the molecule is CCCCCCCCCCCCCCCCCCCCCCCCC(=O)OC[C@H](COP(=O)(O)OC[C@@H](O)COP(=O)(O)OC[C@@H](COC(=O)CCCCCCCCCCCC)OC(=O)CCCCCCCCCCCCCC)OC(=O)CCCCCCCCCCCCCCCCCCCCC(C)CC. The van der Waals surface area contributed by atoms with Crippen molar-refractivity contribution in [1.29, 1.82) is 0 Å². The molecule has 0 aromatic carbocycles. The number of ether oxygens (including phenoxy) is 4. The normalized spacial score (nSPS) is 14.0. The van der Waals surface area contributed by atoms with Gasteiger partial charge in [-0.25, -0.2) is 9.13 Å². The van der Waals surface area contributed by atoms with Gasteiger partial charge in [-0.05, 0) is 31.6 Å². The van der Waals surface area contributed by atoms with E-state index in [2.05, 4.69) is 34.6 Å². The van der Waals surface area contributed by atoms with E-state index >= 15 is 0 Å². The summed E-state index contributed by atoms with van der Waals surface area (Å²) in [5, 5.41) is 10.7. The molecule has 0 bridgehead atoms. The number of phosphoric ester groups is 2. The summed E-state index contributed by atoms with van der Waals surface area (Å²) in [7, 11) is -9.92. The monoisotopic (exact) mass is 1550 g/mol. The second-order valence-electron chi connectivity index (χ2n) is 31.5. The van der Waals surface area contributed by atoms with Crippen LogP contribution in [-0.2, 0) is 65.4 Å². The topological polar surface area (TPSA) is 237 Å². The molecule has 3 N–H and O–H groups in total. The summed E-state index contributed by atoms with van der Waals surface area (Å²) in [5.41, 5.74) is 0. The Balaban J connectivity index is 5.18. The molecule has 0 saturated heterocycles. The Labute approximate surface area is 651 Å². The Kier molecular flexibility index (Phi) is 78.2. The molecule has 0 aliphatic rings. The lowest BCUT2D eigenvalue weighted by atomic mass is 9.99. The lowest BCUT2D eigenvalue weighted by Gasteiger charge is -2.21. The van der Waals surface area contributed by atoms with Crippen molar-refractivity contribution < 1.29 is 80.2 Å². The summed E-state index contributed by atoms with van der Waals surface area (Å²) in [6.07, 6.45) is 73.7. The van der Waals surface area contributed by atoms with Crippen molar-refractivity contribution >= 4 is 39.5 Å². The van der Waals surface area contributed by atoms with Crippen LogP contribution in [0.1, 0.15) is 471 Å². The van der Waals surface area contributed by atoms with E-state index < -0.39 is 97.5 Å². The summed E-state index contributed by atoms with van der Waals surface area (Å²) >= 11 is 0. The highest BCUT2D eigenvalue weighted by atomic mass is 31.2. The number of hydrogen-bond acceptors (Lipinski definition) is 15. The van der Waals surface area contributed by atoms with Crippen molar-refractivity contribution in [3.63, 3.8) is 0 Å². The van der Waals surface area contributed by atoms with Crippen LogP contribution in [0, 0.1) is 5.92 Å². The fourth-order valence-corrected chi connectivity index (χ4v) is 15.2.